The van der Waals surface area contributed by atoms with Gasteiger partial charge in [0.2, 0.25) is 0 Å². The van der Waals surface area contributed by atoms with Crippen molar-refractivity contribution in [2.24, 2.45) is 5.73 Å². The number of nitrogens with one attached hydrogen (secondary N) is 1. The molecule has 1 atom stereocenters. The monoisotopic (exact) mass is 263 g/mol. The van der Waals surface area contributed by atoms with Crippen LogP contribution in [0.15, 0.2) is 18.3 Å². The Morgan fingerprint density at radius 1 is 1.56 bits per heavy atom. The van der Waals surface area contributed by atoms with Crippen LogP contribution in [0.25, 0.3) is 0 Å². The van der Waals surface area contributed by atoms with Gasteiger partial charge in [0, 0.05) is 18.8 Å². The molecule has 0 spiro atoms. The van der Waals surface area contributed by atoms with E-state index < -0.39 is 18.6 Å². The van der Waals surface area contributed by atoms with Gasteiger partial charge in [0.25, 0.3) is 5.91 Å². The molecule has 1 aromatic rings. The number of nitrogens with zero attached hydrogens (tertiary/aromatic N) is 1. The highest BCUT2D eigenvalue weighted by atomic mass is 19.4. The number of rotatable bonds is 5. The SMILES string of the molecule is CCC(N)CNC(=O)c1cccn1CC(F)(F)F. The van der Waals surface area contributed by atoms with Crippen LogP contribution in [0.4, 0.5) is 13.2 Å². The van der Waals surface area contributed by atoms with Gasteiger partial charge in [-0.3, -0.25) is 4.79 Å². The lowest BCUT2D eigenvalue weighted by atomic mass is 10.2. The molecule has 0 aliphatic carbocycles. The van der Waals surface area contributed by atoms with Crippen molar-refractivity contribution in [1.29, 1.82) is 0 Å². The third kappa shape index (κ3) is 4.40. The standard InChI is InChI=1S/C11H16F3N3O/c1-2-8(15)6-16-10(18)9-4-3-5-17(9)7-11(12,13)14/h3-5,8H,2,6-7,15H2,1H3,(H,16,18). The topological polar surface area (TPSA) is 60.0 Å². The minimum absolute atomic E-state index is 0.0179. The first-order valence-electron chi connectivity index (χ1n) is 5.59. The molecule has 1 amide bonds. The first kappa shape index (κ1) is 14.6. The number of amides is 1. The molecule has 1 rings (SSSR count). The van der Waals surface area contributed by atoms with Crippen LogP contribution in [0.3, 0.4) is 0 Å². The number of hydrogen-bond donors (Lipinski definition) is 2. The van der Waals surface area contributed by atoms with Gasteiger partial charge in [-0.15, -0.1) is 0 Å². The first-order valence-corrected chi connectivity index (χ1v) is 5.59. The first-order chi connectivity index (χ1) is 8.33. The van der Waals surface area contributed by atoms with E-state index in [0.717, 1.165) is 4.57 Å². The van der Waals surface area contributed by atoms with Gasteiger partial charge < -0.3 is 15.6 Å². The molecule has 0 bridgehead atoms. The molecule has 1 unspecified atom stereocenters. The molecule has 1 heterocycles. The van der Waals surface area contributed by atoms with Gasteiger partial charge in [-0.05, 0) is 18.6 Å². The van der Waals surface area contributed by atoms with Crippen molar-refractivity contribution >= 4 is 5.91 Å². The fourth-order valence-electron chi connectivity index (χ4n) is 1.41. The van der Waals surface area contributed by atoms with E-state index in [-0.39, 0.29) is 18.3 Å². The van der Waals surface area contributed by atoms with Gasteiger partial charge >= 0.3 is 6.18 Å². The van der Waals surface area contributed by atoms with E-state index in [1.807, 2.05) is 6.92 Å². The Kier molecular flexibility index (Phi) is 4.77. The molecule has 1 aromatic heterocycles. The van der Waals surface area contributed by atoms with Crippen molar-refractivity contribution < 1.29 is 18.0 Å². The van der Waals surface area contributed by atoms with Crippen LogP contribution in [-0.2, 0) is 6.54 Å². The van der Waals surface area contributed by atoms with Crippen LogP contribution in [-0.4, -0.2) is 29.2 Å². The predicted molar refractivity (Wildman–Crippen MR) is 61.1 cm³/mol. The average Bonchev–Trinajstić information content (AvgIpc) is 2.70. The molecule has 3 N–H and O–H groups in total. The molecule has 4 nitrogen and oxygen atoms in total. The van der Waals surface area contributed by atoms with Crippen LogP contribution in [0, 0.1) is 0 Å². The highest BCUT2D eigenvalue weighted by Crippen LogP contribution is 2.18. The summed E-state index contributed by atoms with van der Waals surface area (Å²) in [6.07, 6.45) is -2.44. The molecule has 102 valence electrons. The van der Waals surface area contributed by atoms with E-state index >= 15 is 0 Å². The molecule has 7 heteroatoms. The van der Waals surface area contributed by atoms with Crippen LogP contribution in [0.5, 0.6) is 0 Å². The maximum Gasteiger partial charge on any atom is 0.406 e. The van der Waals surface area contributed by atoms with Gasteiger partial charge in [0.15, 0.2) is 0 Å². The Hall–Kier alpha value is -1.50. The van der Waals surface area contributed by atoms with Crippen LogP contribution in [0.1, 0.15) is 23.8 Å². The van der Waals surface area contributed by atoms with Gasteiger partial charge in [-0.25, -0.2) is 0 Å². The lowest BCUT2D eigenvalue weighted by molar-refractivity contribution is -0.140. The number of carbonyl (C=O) groups excluding carboxylic acids is 1. The Bertz CT molecular complexity index is 400. The second-order valence-electron chi connectivity index (χ2n) is 4.01. The quantitative estimate of drug-likeness (QED) is 0.846. The number of aromatic nitrogens is 1. The number of hydrogen-bond acceptors (Lipinski definition) is 2. The smallest absolute Gasteiger partial charge is 0.349 e. The van der Waals surface area contributed by atoms with Crippen LogP contribution in [0.2, 0.25) is 0 Å². The molecule has 0 radical (unpaired) electrons. The predicted octanol–water partition coefficient (Wildman–Crippen LogP) is 1.52. The highest BCUT2D eigenvalue weighted by molar-refractivity contribution is 5.92. The summed E-state index contributed by atoms with van der Waals surface area (Å²) in [6.45, 7) is 0.929. The Morgan fingerprint density at radius 3 is 2.78 bits per heavy atom. The van der Waals surface area contributed by atoms with Gasteiger partial charge in [0.1, 0.15) is 12.2 Å². The van der Waals surface area contributed by atoms with E-state index in [1.165, 1.54) is 18.3 Å². The summed E-state index contributed by atoms with van der Waals surface area (Å²) in [6, 6.07) is 2.55. The molecule has 0 aromatic carbocycles. The zero-order chi connectivity index (χ0) is 13.8. The summed E-state index contributed by atoms with van der Waals surface area (Å²) in [7, 11) is 0. The second kappa shape index (κ2) is 5.90. The lowest BCUT2D eigenvalue weighted by Crippen LogP contribution is -2.37. The summed E-state index contributed by atoms with van der Waals surface area (Å²) in [5, 5.41) is 2.51. The van der Waals surface area contributed by atoms with Gasteiger partial charge in [-0.2, -0.15) is 13.2 Å². The molecule has 0 saturated heterocycles. The molecule has 0 aliphatic rings. The van der Waals surface area contributed by atoms with Gasteiger partial charge in [-0.1, -0.05) is 6.92 Å². The molecule has 0 aliphatic heterocycles. The highest BCUT2D eigenvalue weighted by Gasteiger charge is 2.29. The van der Waals surface area contributed by atoms with Crippen molar-refractivity contribution in [2.75, 3.05) is 6.54 Å². The second-order valence-corrected chi connectivity index (χ2v) is 4.01. The Balaban J connectivity index is 2.66. The lowest BCUT2D eigenvalue weighted by Gasteiger charge is -2.13. The Morgan fingerprint density at radius 2 is 2.22 bits per heavy atom. The minimum Gasteiger partial charge on any atom is -0.349 e. The molecule has 0 saturated carbocycles. The van der Waals surface area contributed by atoms with Crippen molar-refractivity contribution in [3.8, 4) is 0 Å². The van der Waals surface area contributed by atoms with Crippen molar-refractivity contribution in [3.05, 3.63) is 24.0 Å². The van der Waals surface area contributed by atoms with Crippen molar-refractivity contribution in [1.82, 2.24) is 9.88 Å². The Labute approximate surface area is 103 Å². The normalized spacial score (nSPS) is 13.4. The molecule has 0 fully saturated rings. The fraction of sp³-hybridized carbons (Fsp3) is 0.545. The zero-order valence-corrected chi connectivity index (χ0v) is 10.00. The number of carbonyl (C=O) groups is 1. The summed E-state index contributed by atoms with van der Waals surface area (Å²) in [4.78, 5) is 11.7. The summed E-state index contributed by atoms with van der Waals surface area (Å²) in [5.74, 6) is -0.548. The number of alkyl halides is 3. The zero-order valence-electron chi connectivity index (χ0n) is 10.00. The molecular weight excluding hydrogens is 247 g/mol. The maximum absolute atomic E-state index is 12.3. The minimum atomic E-state index is -4.35. The van der Waals surface area contributed by atoms with Crippen LogP contribution < -0.4 is 11.1 Å². The van der Waals surface area contributed by atoms with E-state index in [0.29, 0.717) is 6.42 Å². The van der Waals surface area contributed by atoms with Crippen LogP contribution >= 0.6 is 0 Å². The van der Waals surface area contributed by atoms with E-state index in [1.54, 1.807) is 0 Å². The number of nitrogens with two attached hydrogens (primary N) is 1. The summed E-state index contributed by atoms with van der Waals surface area (Å²) < 4.78 is 37.6. The largest absolute Gasteiger partial charge is 0.406 e. The summed E-state index contributed by atoms with van der Waals surface area (Å²) >= 11 is 0. The fourth-order valence-corrected chi connectivity index (χ4v) is 1.41. The van der Waals surface area contributed by atoms with E-state index in [4.69, 9.17) is 5.73 Å². The van der Waals surface area contributed by atoms with Gasteiger partial charge in [0.05, 0.1) is 0 Å². The van der Waals surface area contributed by atoms with E-state index in [2.05, 4.69) is 5.32 Å². The van der Waals surface area contributed by atoms with E-state index in [9.17, 15) is 18.0 Å². The van der Waals surface area contributed by atoms with Crippen molar-refractivity contribution in [2.45, 2.75) is 32.1 Å². The van der Waals surface area contributed by atoms with Crippen molar-refractivity contribution in [3.63, 3.8) is 0 Å². The molecular formula is C11H16F3N3O. The molecule has 18 heavy (non-hydrogen) atoms. The average molecular weight is 263 g/mol. The summed E-state index contributed by atoms with van der Waals surface area (Å²) in [5.41, 5.74) is 5.59. The third-order valence-electron chi connectivity index (χ3n) is 2.46. The number of halogens is 3. The third-order valence-corrected chi connectivity index (χ3v) is 2.46. The maximum atomic E-state index is 12.3.